The average molecular weight is 380 g/mol. The minimum atomic E-state index is -1.22. The molecule has 0 aliphatic rings. The van der Waals surface area contributed by atoms with Gasteiger partial charge in [-0.1, -0.05) is 19.1 Å². The van der Waals surface area contributed by atoms with Gasteiger partial charge in [-0.25, -0.2) is 9.18 Å². The molecule has 0 radical (unpaired) electrons. The number of halogens is 1. The summed E-state index contributed by atoms with van der Waals surface area (Å²) >= 11 is 0. The summed E-state index contributed by atoms with van der Waals surface area (Å²) in [6, 6.07) is 11.0. The molecule has 1 N–H and O–H groups in total. The molecule has 1 heterocycles. The molecule has 0 aliphatic heterocycles. The number of pyridine rings is 1. The van der Waals surface area contributed by atoms with Gasteiger partial charge < -0.3 is 9.84 Å². The van der Waals surface area contributed by atoms with E-state index in [2.05, 4.69) is 0 Å². The van der Waals surface area contributed by atoms with Gasteiger partial charge >= 0.3 is 5.97 Å². The SMILES string of the molecule is CCC(C(=O)O)n1c(C#N)c(-c2cccc(F)c2)c2cc(OC)ccc2c1=O. The number of aliphatic carboxylic acids is 1. The highest BCUT2D eigenvalue weighted by Gasteiger charge is 2.26. The smallest absolute Gasteiger partial charge is 0.326 e. The quantitative estimate of drug-likeness (QED) is 0.728. The largest absolute Gasteiger partial charge is 0.497 e. The van der Waals surface area contributed by atoms with Crippen molar-refractivity contribution < 1.29 is 19.0 Å². The molecule has 1 aromatic heterocycles. The highest BCUT2D eigenvalue weighted by Crippen LogP contribution is 2.34. The predicted molar refractivity (Wildman–Crippen MR) is 102 cm³/mol. The zero-order valence-corrected chi connectivity index (χ0v) is 15.3. The number of hydrogen-bond acceptors (Lipinski definition) is 4. The third-order valence-electron chi connectivity index (χ3n) is 4.63. The van der Waals surface area contributed by atoms with Crippen LogP contribution in [0.2, 0.25) is 0 Å². The van der Waals surface area contributed by atoms with E-state index in [0.29, 0.717) is 16.7 Å². The lowest BCUT2D eigenvalue weighted by atomic mass is 9.96. The summed E-state index contributed by atoms with van der Waals surface area (Å²) in [6.45, 7) is 1.62. The Morgan fingerprint density at radius 1 is 1.29 bits per heavy atom. The van der Waals surface area contributed by atoms with Gasteiger partial charge in [0.05, 0.1) is 7.11 Å². The Morgan fingerprint density at radius 2 is 2.04 bits per heavy atom. The van der Waals surface area contributed by atoms with Crippen LogP contribution >= 0.6 is 0 Å². The van der Waals surface area contributed by atoms with Crippen LogP contribution in [0.15, 0.2) is 47.3 Å². The fourth-order valence-electron chi connectivity index (χ4n) is 3.33. The molecule has 0 fully saturated rings. The number of fused-ring (bicyclic) bond motifs is 1. The summed E-state index contributed by atoms with van der Waals surface area (Å²) in [5.41, 5.74) is -0.0757. The first-order valence-electron chi connectivity index (χ1n) is 8.58. The zero-order chi connectivity index (χ0) is 20.4. The van der Waals surface area contributed by atoms with Crippen molar-refractivity contribution in [1.29, 1.82) is 5.26 Å². The van der Waals surface area contributed by atoms with E-state index >= 15 is 0 Å². The van der Waals surface area contributed by atoms with Gasteiger partial charge in [-0.2, -0.15) is 5.26 Å². The molecule has 3 aromatic rings. The van der Waals surface area contributed by atoms with Gasteiger partial charge in [0, 0.05) is 16.3 Å². The van der Waals surface area contributed by atoms with Crippen LogP contribution in [0.25, 0.3) is 21.9 Å². The van der Waals surface area contributed by atoms with Crippen LogP contribution in [0.3, 0.4) is 0 Å². The lowest BCUT2D eigenvalue weighted by Crippen LogP contribution is -2.32. The van der Waals surface area contributed by atoms with Crippen LogP contribution in [0.1, 0.15) is 25.1 Å². The Hall–Kier alpha value is -3.66. The second-order valence-corrected chi connectivity index (χ2v) is 6.19. The van der Waals surface area contributed by atoms with E-state index < -0.39 is 23.4 Å². The Balaban J connectivity index is 2.57. The monoisotopic (exact) mass is 380 g/mol. The Labute approximate surface area is 160 Å². The molecule has 3 rings (SSSR count). The lowest BCUT2D eigenvalue weighted by molar-refractivity contribution is -0.141. The van der Waals surface area contributed by atoms with Gasteiger partial charge in [-0.15, -0.1) is 0 Å². The van der Waals surface area contributed by atoms with Crippen LogP contribution in [0.4, 0.5) is 4.39 Å². The molecule has 28 heavy (non-hydrogen) atoms. The molecule has 6 nitrogen and oxygen atoms in total. The van der Waals surface area contributed by atoms with E-state index in [1.165, 1.54) is 31.4 Å². The summed E-state index contributed by atoms with van der Waals surface area (Å²) in [5, 5.41) is 20.0. The van der Waals surface area contributed by atoms with Gasteiger partial charge in [0.1, 0.15) is 29.4 Å². The molecular weight excluding hydrogens is 363 g/mol. The number of methoxy groups -OCH3 is 1. The molecular formula is C21H17FN2O4. The predicted octanol–water partition coefficient (Wildman–Crippen LogP) is 3.72. The Morgan fingerprint density at radius 3 is 2.61 bits per heavy atom. The summed E-state index contributed by atoms with van der Waals surface area (Å²) < 4.78 is 20.1. The zero-order valence-electron chi connectivity index (χ0n) is 15.3. The van der Waals surface area contributed by atoms with Crippen LogP contribution in [-0.4, -0.2) is 22.8 Å². The average Bonchev–Trinajstić information content (AvgIpc) is 2.69. The van der Waals surface area contributed by atoms with Gasteiger partial charge in [-0.3, -0.25) is 9.36 Å². The fourth-order valence-corrected chi connectivity index (χ4v) is 3.33. The van der Waals surface area contributed by atoms with Crippen molar-refractivity contribution in [2.24, 2.45) is 0 Å². The number of carbonyl (C=O) groups is 1. The Kier molecular flexibility index (Phi) is 5.14. The van der Waals surface area contributed by atoms with Crippen molar-refractivity contribution >= 4 is 16.7 Å². The summed E-state index contributed by atoms with van der Waals surface area (Å²) in [5.74, 6) is -1.28. The first kappa shape index (κ1) is 19.1. The number of aromatic nitrogens is 1. The Bertz CT molecular complexity index is 1180. The summed E-state index contributed by atoms with van der Waals surface area (Å²) in [6.07, 6.45) is 0.105. The topological polar surface area (TPSA) is 92.3 Å². The highest BCUT2D eigenvalue weighted by atomic mass is 19.1. The maximum Gasteiger partial charge on any atom is 0.326 e. The van der Waals surface area contributed by atoms with Crippen molar-refractivity contribution in [3.05, 3.63) is 64.3 Å². The maximum atomic E-state index is 13.9. The number of hydrogen-bond donors (Lipinski definition) is 1. The van der Waals surface area contributed by atoms with Gasteiger partial charge in [-0.05, 0) is 42.3 Å². The minimum Gasteiger partial charge on any atom is -0.497 e. The second-order valence-electron chi connectivity index (χ2n) is 6.19. The van der Waals surface area contributed by atoms with Gasteiger partial charge in [0.2, 0.25) is 0 Å². The number of nitrogens with zero attached hydrogens (tertiary/aromatic N) is 2. The van der Waals surface area contributed by atoms with Crippen LogP contribution in [-0.2, 0) is 4.79 Å². The first-order chi connectivity index (χ1) is 13.4. The number of carboxylic acids is 1. The third-order valence-corrected chi connectivity index (χ3v) is 4.63. The number of rotatable bonds is 5. The van der Waals surface area contributed by atoms with E-state index in [-0.39, 0.29) is 23.1 Å². The molecule has 0 bridgehead atoms. The van der Waals surface area contributed by atoms with E-state index in [9.17, 15) is 24.3 Å². The molecule has 0 saturated carbocycles. The maximum absolute atomic E-state index is 13.9. The molecule has 2 aromatic carbocycles. The van der Waals surface area contributed by atoms with Crippen molar-refractivity contribution in [2.45, 2.75) is 19.4 Å². The van der Waals surface area contributed by atoms with Gasteiger partial charge in [0.15, 0.2) is 0 Å². The molecule has 142 valence electrons. The van der Waals surface area contributed by atoms with Crippen molar-refractivity contribution in [2.75, 3.05) is 7.11 Å². The van der Waals surface area contributed by atoms with Crippen LogP contribution in [0.5, 0.6) is 5.75 Å². The number of nitriles is 1. The van der Waals surface area contributed by atoms with Crippen molar-refractivity contribution in [3.63, 3.8) is 0 Å². The van der Waals surface area contributed by atoms with E-state index in [1.807, 2.05) is 6.07 Å². The van der Waals surface area contributed by atoms with Crippen molar-refractivity contribution in [1.82, 2.24) is 4.57 Å². The molecule has 0 saturated heterocycles. The molecule has 0 aliphatic carbocycles. The fraction of sp³-hybridized carbons (Fsp3) is 0.190. The number of ether oxygens (including phenoxy) is 1. The molecule has 7 heteroatoms. The van der Waals surface area contributed by atoms with E-state index in [0.717, 1.165) is 4.57 Å². The van der Waals surface area contributed by atoms with E-state index in [1.54, 1.807) is 25.1 Å². The number of benzene rings is 2. The van der Waals surface area contributed by atoms with Crippen molar-refractivity contribution in [3.8, 4) is 22.9 Å². The van der Waals surface area contributed by atoms with Crippen LogP contribution in [0, 0.1) is 17.1 Å². The molecule has 0 amide bonds. The lowest BCUT2D eigenvalue weighted by Gasteiger charge is -2.20. The highest BCUT2D eigenvalue weighted by molar-refractivity contribution is 5.99. The molecule has 1 atom stereocenters. The second kappa shape index (κ2) is 7.53. The van der Waals surface area contributed by atoms with Crippen LogP contribution < -0.4 is 10.3 Å². The summed E-state index contributed by atoms with van der Waals surface area (Å²) in [7, 11) is 1.47. The number of carboxylic acid groups (broad SMARTS) is 1. The third kappa shape index (κ3) is 3.09. The first-order valence-corrected chi connectivity index (χ1v) is 8.58. The molecule has 1 unspecified atom stereocenters. The normalized spacial score (nSPS) is 11.8. The standard InChI is InChI=1S/C21H17FN2O4/c1-3-17(21(26)27)24-18(11-23)19(12-5-4-6-13(22)9-12)16-10-14(28-2)7-8-15(16)20(24)25/h4-10,17H,3H2,1-2H3,(H,26,27). The minimum absolute atomic E-state index is 0.105. The van der Waals surface area contributed by atoms with E-state index in [4.69, 9.17) is 4.74 Å². The molecule has 0 spiro atoms. The summed E-state index contributed by atoms with van der Waals surface area (Å²) in [4.78, 5) is 24.8. The van der Waals surface area contributed by atoms with Gasteiger partial charge in [0.25, 0.3) is 5.56 Å².